The zero-order chi connectivity index (χ0) is 13.4. The third kappa shape index (κ3) is 4.81. The molecular formula is C15H22BrNO. The van der Waals surface area contributed by atoms with E-state index in [4.69, 9.17) is 0 Å². The van der Waals surface area contributed by atoms with Gasteiger partial charge in [-0.05, 0) is 24.5 Å². The minimum Gasteiger partial charge on any atom is -0.342 e. The van der Waals surface area contributed by atoms with Crippen LogP contribution in [-0.2, 0) is 11.2 Å². The van der Waals surface area contributed by atoms with Gasteiger partial charge in [0.2, 0.25) is 5.91 Å². The van der Waals surface area contributed by atoms with Crippen LogP contribution in [0.3, 0.4) is 0 Å². The van der Waals surface area contributed by atoms with Crippen LogP contribution in [0.5, 0.6) is 0 Å². The van der Waals surface area contributed by atoms with Gasteiger partial charge in [-0.1, -0.05) is 53.5 Å². The molecule has 1 amide bonds. The van der Waals surface area contributed by atoms with Crippen molar-refractivity contribution in [3.05, 3.63) is 35.4 Å². The highest BCUT2D eigenvalue weighted by Crippen LogP contribution is 2.10. The van der Waals surface area contributed by atoms with E-state index >= 15 is 0 Å². The molecule has 0 spiro atoms. The molecule has 3 heteroatoms. The molecule has 0 aromatic heterocycles. The third-order valence-electron chi connectivity index (χ3n) is 3.09. The first-order valence-corrected chi connectivity index (χ1v) is 7.69. The van der Waals surface area contributed by atoms with Crippen LogP contribution in [0, 0.1) is 6.92 Å². The summed E-state index contributed by atoms with van der Waals surface area (Å²) in [6, 6.07) is 8.11. The van der Waals surface area contributed by atoms with E-state index in [-0.39, 0.29) is 5.91 Å². The third-order valence-corrected chi connectivity index (χ3v) is 3.45. The number of amides is 1. The highest BCUT2D eigenvalue weighted by atomic mass is 79.9. The molecule has 0 aliphatic rings. The SMILES string of the molecule is CCCCN(CCBr)C(=O)Cc1ccccc1C. The molecule has 0 unspecified atom stereocenters. The highest BCUT2D eigenvalue weighted by Gasteiger charge is 2.13. The van der Waals surface area contributed by atoms with Gasteiger partial charge in [0, 0.05) is 18.4 Å². The van der Waals surface area contributed by atoms with E-state index in [1.807, 2.05) is 23.1 Å². The average molecular weight is 312 g/mol. The summed E-state index contributed by atoms with van der Waals surface area (Å²) in [5, 5.41) is 0.843. The van der Waals surface area contributed by atoms with E-state index in [9.17, 15) is 4.79 Å². The molecule has 1 rings (SSSR count). The summed E-state index contributed by atoms with van der Waals surface area (Å²) in [6.07, 6.45) is 2.71. The summed E-state index contributed by atoms with van der Waals surface area (Å²) in [4.78, 5) is 14.2. The maximum Gasteiger partial charge on any atom is 0.227 e. The van der Waals surface area contributed by atoms with Crippen molar-refractivity contribution in [1.82, 2.24) is 4.90 Å². The number of alkyl halides is 1. The van der Waals surface area contributed by atoms with E-state index in [1.54, 1.807) is 0 Å². The van der Waals surface area contributed by atoms with E-state index in [0.717, 1.165) is 36.8 Å². The molecule has 18 heavy (non-hydrogen) atoms. The van der Waals surface area contributed by atoms with E-state index in [2.05, 4.69) is 35.8 Å². The second-order valence-corrected chi connectivity index (χ2v) is 5.32. The van der Waals surface area contributed by atoms with E-state index in [0.29, 0.717) is 6.42 Å². The molecule has 2 nitrogen and oxygen atoms in total. The van der Waals surface area contributed by atoms with Crippen molar-refractivity contribution in [1.29, 1.82) is 0 Å². The van der Waals surface area contributed by atoms with Gasteiger partial charge in [-0.3, -0.25) is 4.79 Å². The van der Waals surface area contributed by atoms with Gasteiger partial charge in [-0.15, -0.1) is 0 Å². The summed E-state index contributed by atoms with van der Waals surface area (Å²) in [5.41, 5.74) is 2.33. The maximum atomic E-state index is 12.3. The molecule has 0 N–H and O–H groups in total. The molecule has 1 aromatic carbocycles. The molecule has 100 valence electrons. The molecule has 0 aliphatic heterocycles. The molecule has 0 saturated carbocycles. The Labute approximate surface area is 119 Å². The minimum atomic E-state index is 0.234. The average Bonchev–Trinajstić information content (AvgIpc) is 2.37. The Kier molecular flexibility index (Phi) is 7.02. The Morgan fingerprint density at radius 2 is 2.00 bits per heavy atom. The fourth-order valence-electron chi connectivity index (χ4n) is 1.90. The Morgan fingerprint density at radius 1 is 1.28 bits per heavy atom. The first kappa shape index (κ1) is 15.2. The Morgan fingerprint density at radius 3 is 2.61 bits per heavy atom. The smallest absolute Gasteiger partial charge is 0.227 e. The van der Waals surface area contributed by atoms with Crippen LogP contribution in [0.15, 0.2) is 24.3 Å². The van der Waals surface area contributed by atoms with Crippen molar-refractivity contribution in [2.24, 2.45) is 0 Å². The molecule has 1 aromatic rings. The number of hydrogen-bond acceptors (Lipinski definition) is 1. The predicted octanol–water partition coefficient (Wildman–Crippen LogP) is 3.56. The predicted molar refractivity (Wildman–Crippen MR) is 80.2 cm³/mol. The minimum absolute atomic E-state index is 0.234. The van der Waals surface area contributed by atoms with Crippen LogP contribution in [0.2, 0.25) is 0 Å². The van der Waals surface area contributed by atoms with Crippen LogP contribution in [-0.4, -0.2) is 29.2 Å². The van der Waals surface area contributed by atoms with Crippen molar-refractivity contribution >= 4 is 21.8 Å². The number of halogens is 1. The second kappa shape index (κ2) is 8.30. The maximum absolute atomic E-state index is 12.3. The number of carbonyl (C=O) groups is 1. The normalized spacial score (nSPS) is 10.4. The number of rotatable bonds is 7. The molecular weight excluding hydrogens is 290 g/mol. The molecule has 0 heterocycles. The van der Waals surface area contributed by atoms with Crippen molar-refractivity contribution in [3.63, 3.8) is 0 Å². The molecule has 0 saturated heterocycles. The lowest BCUT2D eigenvalue weighted by Gasteiger charge is -2.22. The van der Waals surface area contributed by atoms with Gasteiger partial charge in [0.25, 0.3) is 0 Å². The van der Waals surface area contributed by atoms with Crippen LogP contribution in [0.25, 0.3) is 0 Å². The van der Waals surface area contributed by atoms with Gasteiger partial charge in [-0.2, -0.15) is 0 Å². The molecule has 0 aliphatic carbocycles. The first-order valence-electron chi connectivity index (χ1n) is 6.57. The Hall–Kier alpha value is -0.830. The summed E-state index contributed by atoms with van der Waals surface area (Å²) in [5.74, 6) is 0.234. The van der Waals surface area contributed by atoms with Crippen molar-refractivity contribution < 1.29 is 4.79 Å². The lowest BCUT2D eigenvalue weighted by atomic mass is 10.1. The zero-order valence-corrected chi connectivity index (χ0v) is 12.9. The van der Waals surface area contributed by atoms with Crippen LogP contribution >= 0.6 is 15.9 Å². The number of aryl methyl sites for hydroxylation is 1. The van der Waals surface area contributed by atoms with Gasteiger partial charge in [-0.25, -0.2) is 0 Å². The summed E-state index contributed by atoms with van der Waals surface area (Å²) in [6.45, 7) is 5.87. The topological polar surface area (TPSA) is 20.3 Å². The van der Waals surface area contributed by atoms with Gasteiger partial charge in [0.05, 0.1) is 6.42 Å². The quantitative estimate of drug-likeness (QED) is 0.705. The largest absolute Gasteiger partial charge is 0.342 e. The van der Waals surface area contributed by atoms with Crippen molar-refractivity contribution in [3.8, 4) is 0 Å². The number of benzene rings is 1. The highest BCUT2D eigenvalue weighted by molar-refractivity contribution is 9.09. The van der Waals surface area contributed by atoms with E-state index < -0.39 is 0 Å². The first-order chi connectivity index (χ1) is 8.69. The molecule has 0 radical (unpaired) electrons. The van der Waals surface area contributed by atoms with Gasteiger partial charge in [0.1, 0.15) is 0 Å². The standard InChI is InChI=1S/C15H22BrNO/c1-3-4-10-17(11-9-16)15(18)12-14-8-6-5-7-13(14)2/h5-8H,3-4,9-12H2,1-2H3. The monoisotopic (exact) mass is 311 g/mol. The summed E-state index contributed by atoms with van der Waals surface area (Å²) < 4.78 is 0. The zero-order valence-electron chi connectivity index (χ0n) is 11.3. The van der Waals surface area contributed by atoms with Crippen LogP contribution in [0.4, 0.5) is 0 Å². The van der Waals surface area contributed by atoms with Crippen molar-refractivity contribution in [2.75, 3.05) is 18.4 Å². The van der Waals surface area contributed by atoms with Crippen LogP contribution in [0.1, 0.15) is 30.9 Å². The number of unbranched alkanes of at least 4 members (excludes halogenated alkanes) is 1. The molecule has 0 atom stereocenters. The lowest BCUT2D eigenvalue weighted by Crippen LogP contribution is -2.34. The summed E-state index contributed by atoms with van der Waals surface area (Å²) in [7, 11) is 0. The molecule has 0 fully saturated rings. The van der Waals surface area contributed by atoms with E-state index in [1.165, 1.54) is 5.56 Å². The van der Waals surface area contributed by atoms with Gasteiger partial charge in [0.15, 0.2) is 0 Å². The fourth-order valence-corrected chi connectivity index (χ4v) is 2.32. The lowest BCUT2D eigenvalue weighted by molar-refractivity contribution is -0.130. The molecule has 0 bridgehead atoms. The van der Waals surface area contributed by atoms with Crippen molar-refractivity contribution in [2.45, 2.75) is 33.1 Å². The second-order valence-electron chi connectivity index (χ2n) is 4.53. The Balaban J connectivity index is 2.63. The Bertz CT molecular complexity index is 379. The van der Waals surface area contributed by atoms with Gasteiger partial charge < -0.3 is 4.90 Å². The number of carbonyl (C=O) groups excluding carboxylic acids is 1. The summed E-state index contributed by atoms with van der Waals surface area (Å²) >= 11 is 3.42. The van der Waals surface area contributed by atoms with Crippen LogP contribution < -0.4 is 0 Å². The number of nitrogens with zero attached hydrogens (tertiary/aromatic N) is 1. The van der Waals surface area contributed by atoms with Gasteiger partial charge >= 0.3 is 0 Å². The fraction of sp³-hybridized carbons (Fsp3) is 0.533. The number of hydrogen-bond donors (Lipinski definition) is 0.